The summed E-state index contributed by atoms with van der Waals surface area (Å²) >= 11 is 0. The average Bonchev–Trinajstić information content (AvgIpc) is 2.30. The Morgan fingerprint density at radius 3 is 2.67 bits per heavy atom. The number of piperidine rings is 1. The number of rotatable bonds is 4. The Morgan fingerprint density at radius 2 is 2.00 bits per heavy atom. The number of carbonyl (C=O) groups is 1. The number of amides is 2. The first kappa shape index (κ1) is 11.8. The topological polar surface area (TPSA) is 56.1 Å². The molecule has 0 aromatic rings. The Bertz CT molecular complexity index is 228. The van der Waals surface area contributed by atoms with Crippen LogP contribution < -0.4 is 5.32 Å². The fraction of sp³-hybridized carbons (Fsp3) is 0.818. The van der Waals surface area contributed by atoms with E-state index in [1.54, 1.807) is 0 Å². The van der Waals surface area contributed by atoms with E-state index in [-0.39, 0.29) is 6.03 Å². The zero-order chi connectivity index (χ0) is 10.9. The third kappa shape index (κ3) is 4.68. The van der Waals surface area contributed by atoms with E-state index in [4.69, 9.17) is 5.26 Å². The van der Waals surface area contributed by atoms with E-state index in [1.165, 1.54) is 6.42 Å². The van der Waals surface area contributed by atoms with E-state index >= 15 is 0 Å². The fourth-order valence-electron chi connectivity index (χ4n) is 1.73. The maximum Gasteiger partial charge on any atom is 0.317 e. The summed E-state index contributed by atoms with van der Waals surface area (Å²) in [5.41, 5.74) is 0. The monoisotopic (exact) mass is 209 g/mol. The van der Waals surface area contributed by atoms with Gasteiger partial charge in [-0.05, 0) is 32.1 Å². The summed E-state index contributed by atoms with van der Waals surface area (Å²) in [6, 6.07) is 2.16. The van der Waals surface area contributed by atoms with Crippen LogP contribution >= 0.6 is 0 Å². The number of hydrogen-bond acceptors (Lipinski definition) is 2. The van der Waals surface area contributed by atoms with Gasteiger partial charge >= 0.3 is 6.03 Å². The van der Waals surface area contributed by atoms with Crippen molar-refractivity contribution in [3.05, 3.63) is 0 Å². The smallest absolute Gasteiger partial charge is 0.317 e. The van der Waals surface area contributed by atoms with Crippen LogP contribution in [0.3, 0.4) is 0 Å². The largest absolute Gasteiger partial charge is 0.338 e. The molecular formula is C11H19N3O. The second-order valence-electron chi connectivity index (χ2n) is 3.89. The van der Waals surface area contributed by atoms with E-state index in [0.717, 1.165) is 38.8 Å². The van der Waals surface area contributed by atoms with Gasteiger partial charge in [-0.2, -0.15) is 5.26 Å². The number of nitrogens with one attached hydrogen (secondary N) is 1. The zero-order valence-corrected chi connectivity index (χ0v) is 9.17. The Morgan fingerprint density at radius 1 is 1.27 bits per heavy atom. The summed E-state index contributed by atoms with van der Waals surface area (Å²) in [4.78, 5) is 13.5. The van der Waals surface area contributed by atoms with Crippen LogP contribution in [0.4, 0.5) is 4.79 Å². The molecule has 1 N–H and O–H groups in total. The van der Waals surface area contributed by atoms with E-state index < -0.39 is 0 Å². The average molecular weight is 209 g/mol. The molecule has 0 radical (unpaired) electrons. The molecule has 4 nitrogen and oxygen atoms in total. The first-order valence-electron chi connectivity index (χ1n) is 5.74. The molecule has 1 heterocycles. The van der Waals surface area contributed by atoms with Gasteiger partial charge < -0.3 is 10.2 Å². The van der Waals surface area contributed by atoms with Gasteiger partial charge in [-0.15, -0.1) is 0 Å². The minimum absolute atomic E-state index is 0.0617. The van der Waals surface area contributed by atoms with Gasteiger partial charge in [0.15, 0.2) is 0 Å². The Balaban J connectivity index is 2.05. The molecule has 0 spiro atoms. The molecule has 0 aliphatic carbocycles. The highest BCUT2D eigenvalue weighted by atomic mass is 16.2. The number of carbonyl (C=O) groups excluding carboxylic acids is 1. The number of likely N-dealkylation sites (tertiary alicyclic amines) is 1. The predicted octanol–water partition coefficient (Wildman–Crippen LogP) is 1.88. The molecule has 0 unspecified atom stereocenters. The van der Waals surface area contributed by atoms with Crippen LogP contribution in [0.2, 0.25) is 0 Å². The highest BCUT2D eigenvalue weighted by Crippen LogP contribution is 2.08. The van der Waals surface area contributed by atoms with Crippen molar-refractivity contribution in [2.75, 3.05) is 19.6 Å². The van der Waals surface area contributed by atoms with Crippen molar-refractivity contribution in [2.24, 2.45) is 0 Å². The van der Waals surface area contributed by atoms with Gasteiger partial charge in [0.05, 0.1) is 6.07 Å². The number of urea groups is 1. The van der Waals surface area contributed by atoms with Gasteiger partial charge in [0.1, 0.15) is 0 Å². The second-order valence-corrected chi connectivity index (χ2v) is 3.89. The summed E-state index contributed by atoms with van der Waals surface area (Å²) in [6.07, 6.45) is 5.85. The lowest BCUT2D eigenvalue weighted by Crippen LogP contribution is -2.43. The van der Waals surface area contributed by atoms with Crippen molar-refractivity contribution >= 4 is 6.03 Å². The molecule has 84 valence electrons. The molecule has 0 aromatic heterocycles. The van der Waals surface area contributed by atoms with Crippen molar-refractivity contribution in [3.63, 3.8) is 0 Å². The summed E-state index contributed by atoms with van der Waals surface area (Å²) in [6.45, 7) is 2.48. The summed E-state index contributed by atoms with van der Waals surface area (Å²) in [5.74, 6) is 0. The van der Waals surface area contributed by atoms with Gasteiger partial charge in [0.25, 0.3) is 0 Å². The van der Waals surface area contributed by atoms with E-state index in [2.05, 4.69) is 11.4 Å². The highest BCUT2D eigenvalue weighted by Gasteiger charge is 2.15. The van der Waals surface area contributed by atoms with Crippen molar-refractivity contribution < 1.29 is 4.79 Å². The van der Waals surface area contributed by atoms with Gasteiger partial charge in [-0.3, -0.25) is 0 Å². The molecule has 1 rings (SSSR count). The van der Waals surface area contributed by atoms with Crippen LogP contribution in [0.15, 0.2) is 0 Å². The first-order valence-corrected chi connectivity index (χ1v) is 5.74. The normalized spacial score (nSPS) is 15.8. The first-order chi connectivity index (χ1) is 7.34. The predicted molar refractivity (Wildman–Crippen MR) is 58.3 cm³/mol. The molecular weight excluding hydrogens is 190 g/mol. The molecule has 1 aliphatic rings. The molecule has 1 fully saturated rings. The molecule has 0 aromatic carbocycles. The van der Waals surface area contributed by atoms with Crippen LogP contribution in [-0.2, 0) is 0 Å². The Kier molecular flexibility index (Phi) is 5.60. The lowest BCUT2D eigenvalue weighted by Gasteiger charge is -2.26. The van der Waals surface area contributed by atoms with Crippen LogP contribution in [0, 0.1) is 11.3 Å². The van der Waals surface area contributed by atoms with Crippen molar-refractivity contribution in [1.82, 2.24) is 10.2 Å². The van der Waals surface area contributed by atoms with Gasteiger partial charge in [-0.1, -0.05) is 0 Å². The van der Waals surface area contributed by atoms with E-state index in [9.17, 15) is 4.79 Å². The second kappa shape index (κ2) is 7.10. The van der Waals surface area contributed by atoms with Crippen molar-refractivity contribution in [1.29, 1.82) is 5.26 Å². The van der Waals surface area contributed by atoms with Crippen molar-refractivity contribution in [3.8, 4) is 6.07 Å². The minimum atomic E-state index is 0.0617. The van der Waals surface area contributed by atoms with Gasteiger partial charge in [0, 0.05) is 26.1 Å². The summed E-state index contributed by atoms with van der Waals surface area (Å²) in [5, 5.41) is 11.2. The fourth-order valence-corrected chi connectivity index (χ4v) is 1.73. The molecule has 2 amide bonds. The van der Waals surface area contributed by atoms with Crippen LogP contribution in [0.25, 0.3) is 0 Å². The van der Waals surface area contributed by atoms with Crippen molar-refractivity contribution in [2.45, 2.75) is 38.5 Å². The Hall–Kier alpha value is -1.24. The number of hydrogen-bond donors (Lipinski definition) is 1. The zero-order valence-electron chi connectivity index (χ0n) is 9.17. The summed E-state index contributed by atoms with van der Waals surface area (Å²) < 4.78 is 0. The molecule has 1 saturated heterocycles. The van der Waals surface area contributed by atoms with E-state index in [0.29, 0.717) is 13.0 Å². The maximum absolute atomic E-state index is 11.6. The Labute approximate surface area is 91.2 Å². The summed E-state index contributed by atoms with van der Waals surface area (Å²) in [7, 11) is 0. The lowest BCUT2D eigenvalue weighted by molar-refractivity contribution is 0.186. The minimum Gasteiger partial charge on any atom is -0.338 e. The SMILES string of the molecule is N#CCCCCNC(=O)N1CCCCC1. The van der Waals surface area contributed by atoms with E-state index in [1.807, 2.05) is 4.90 Å². The lowest BCUT2D eigenvalue weighted by atomic mass is 10.1. The van der Waals surface area contributed by atoms with Crippen LogP contribution in [0.5, 0.6) is 0 Å². The quantitative estimate of drug-likeness (QED) is 0.719. The third-order valence-electron chi connectivity index (χ3n) is 2.63. The maximum atomic E-state index is 11.6. The molecule has 0 atom stereocenters. The standard InChI is InChI=1S/C11H19N3O/c12-7-3-1-4-8-13-11(15)14-9-5-2-6-10-14/h1-6,8-10H2,(H,13,15). The third-order valence-corrected chi connectivity index (χ3v) is 2.63. The van der Waals surface area contributed by atoms with Gasteiger partial charge in [0.2, 0.25) is 0 Å². The molecule has 4 heteroatoms. The van der Waals surface area contributed by atoms with Gasteiger partial charge in [-0.25, -0.2) is 4.79 Å². The number of unbranched alkanes of at least 4 members (excludes halogenated alkanes) is 2. The number of nitriles is 1. The molecule has 0 bridgehead atoms. The van der Waals surface area contributed by atoms with Crippen LogP contribution in [-0.4, -0.2) is 30.6 Å². The highest BCUT2D eigenvalue weighted by molar-refractivity contribution is 5.74. The molecule has 1 aliphatic heterocycles. The van der Waals surface area contributed by atoms with Crippen LogP contribution in [0.1, 0.15) is 38.5 Å². The molecule has 15 heavy (non-hydrogen) atoms. The number of nitrogens with zero attached hydrogens (tertiary/aromatic N) is 2. The molecule has 0 saturated carbocycles.